The molecule has 10 nitrogen and oxygen atoms in total. The van der Waals surface area contributed by atoms with E-state index < -0.39 is 21.2 Å². The van der Waals surface area contributed by atoms with Crippen LogP contribution in [0.15, 0.2) is 91.5 Å². The third kappa shape index (κ3) is 5.02. The monoisotopic (exact) mass is 528 g/mol. The molecule has 0 unspecified atom stereocenters. The molecule has 4 aromatic rings. The molecule has 4 N–H and O–H groups in total. The maximum atomic E-state index is 13.2. The van der Waals surface area contributed by atoms with Crippen LogP contribution in [0.25, 0.3) is 0 Å². The largest absolute Gasteiger partial charge is 0.478 e. The van der Waals surface area contributed by atoms with Gasteiger partial charge in [0.2, 0.25) is 0 Å². The molecule has 0 saturated heterocycles. The molecular weight excluding hydrogens is 506 g/mol. The summed E-state index contributed by atoms with van der Waals surface area (Å²) >= 11 is 0. The first kappa shape index (κ1) is 25.9. The van der Waals surface area contributed by atoms with Crippen molar-refractivity contribution in [3.8, 4) is 0 Å². The van der Waals surface area contributed by atoms with Gasteiger partial charge in [0.15, 0.2) is 5.78 Å². The van der Waals surface area contributed by atoms with E-state index in [1.165, 1.54) is 5.56 Å². The zero-order chi connectivity index (χ0) is 26.1. The third-order valence-electron chi connectivity index (χ3n) is 5.70. The molecule has 1 heterocycles. The van der Waals surface area contributed by atoms with Crippen LogP contribution in [0.3, 0.4) is 0 Å². The lowest BCUT2D eigenvalue weighted by molar-refractivity contribution is 0.103. The van der Waals surface area contributed by atoms with Crippen LogP contribution in [0, 0.1) is 6.92 Å². The Hall–Kier alpha value is -3.20. The molecule has 12 heteroatoms. The van der Waals surface area contributed by atoms with Gasteiger partial charge < -0.3 is 24.1 Å². The highest BCUT2D eigenvalue weighted by Gasteiger charge is 2.46. The standard InChI is InChI=1S/C24H18N2O.H4O7P2/c1-17-10-12-18(13-11-17)24(26-15-14-25-16-26)21-8-4-2-6-19(21)23(27)20-7-3-5-9-22(20)24;1-8(2,3)7-9(4,5)6/h2-16H,1H3;(H2,1,2,3)(H2,4,5,6). The molecular formula is C24H22N2O8P2. The van der Waals surface area contributed by atoms with Crippen molar-refractivity contribution in [1.82, 2.24) is 9.55 Å². The van der Waals surface area contributed by atoms with Gasteiger partial charge in [-0.3, -0.25) is 4.79 Å². The fourth-order valence-corrected chi connectivity index (χ4v) is 5.52. The first-order valence-corrected chi connectivity index (χ1v) is 13.6. The Kier molecular flexibility index (Phi) is 6.96. The van der Waals surface area contributed by atoms with Crippen molar-refractivity contribution in [2.45, 2.75) is 12.5 Å². The highest BCUT2D eigenvalue weighted by atomic mass is 31.3. The lowest BCUT2D eigenvalue weighted by atomic mass is 9.68. The van der Waals surface area contributed by atoms with E-state index >= 15 is 0 Å². The van der Waals surface area contributed by atoms with Gasteiger partial charge in [0, 0.05) is 23.5 Å². The predicted octanol–water partition coefficient (Wildman–Crippen LogP) is 3.76. The number of hydrogen-bond donors (Lipinski definition) is 4. The van der Waals surface area contributed by atoms with Crippen LogP contribution in [0.2, 0.25) is 0 Å². The Labute approximate surface area is 206 Å². The van der Waals surface area contributed by atoms with E-state index in [0.29, 0.717) is 0 Å². The molecule has 0 radical (unpaired) electrons. The SMILES string of the molecule is Cc1ccc(C2(n3ccnc3)c3ccccc3C(=O)c3ccccc32)cc1.O=P(O)(O)OP(=O)(O)O. The highest BCUT2D eigenvalue weighted by Crippen LogP contribution is 2.54. The molecule has 0 atom stereocenters. The lowest BCUT2D eigenvalue weighted by Gasteiger charge is -2.42. The van der Waals surface area contributed by atoms with Crippen molar-refractivity contribution in [2.75, 3.05) is 0 Å². The molecule has 0 aliphatic heterocycles. The molecule has 0 saturated carbocycles. The van der Waals surface area contributed by atoms with Crippen molar-refractivity contribution >= 4 is 21.4 Å². The number of aryl methyl sites for hydroxylation is 1. The van der Waals surface area contributed by atoms with Crippen molar-refractivity contribution in [1.29, 1.82) is 0 Å². The summed E-state index contributed by atoms with van der Waals surface area (Å²) in [5.74, 6) is 0.0732. The number of rotatable bonds is 4. The van der Waals surface area contributed by atoms with E-state index in [9.17, 15) is 13.9 Å². The van der Waals surface area contributed by atoms with Crippen LogP contribution in [0.4, 0.5) is 0 Å². The summed E-state index contributed by atoms with van der Waals surface area (Å²) in [6.45, 7) is 2.08. The van der Waals surface area contributed by atoms with Gasteiger partial charge in [-0.05, 0) is 23.6 Å². The molecule has 0 fully saturated rings. The summed E-state index contributed by atoms with van der Waals surface area (Å²) in [5.41, 5.74) is 5.12. The Bertz CT molecular complexity index is 1420. The summed E-state index contributed by atoms with van der Waals surface area (Å²) < 4.78 is 24.3. The summed E-state index contributed by atoms with van der Waals surface area (Å²) in [4.78, 5) is 48.6. The summed E-state index contributed by atoms with van der Waals surface area (Å²) in [6, 6.07) is 24.4. The number of benzene rings is 3. The quantitative estimate of drug-likeness (QED) is 0.255. The Morgan fingerprint density at radius 3 is 1.72 bits per heavy atom. The van der Waals surface area contributed by atoms with Crippen LogP contribution < -0.4 is 0 Å². The minimum Gasteiger partial charge on any atom is -0.319 e. The second kappa shape index (κ2) is 9.69. The maximum Gasteiger partial charge on any atom is 0.478 e. The fraction of sp³-hybridized carbons (Fsp3) is 0.0833. The smallest absolute Gasteiger partial charge is 0.319 e. The predicted molar refractivity (Wildman–Crippen MR) is 130 cm³/mol. The van der Waals surface area contributed by atoms with Gasteiger partial charge in [0.05, 0.1) is 6.33 Å². The van der Waals surface area contributed by atoms with E-state index in [1.807, 2.05) is 48.9 Å². The minimum absolute atomic E-state index is 0.0732. The fourth-order valence-electron chi connectivity index (χ4n) is 4.41. The highest BCUT2D eigenvalue weighted by molar-refractivity contribution is 7.60. The van der Waals surface area contributed by atoms with Crippen molar-refractivity contribution in [3.05, 3.63) is 125 Å². The molecule has 1 aromatic heterocycles. The molecule has 1 aliphatic rings. The number of ketones is 1. The first-order valence-electron chi connectivity index (χ1n) is 10.6. The average molecular weight is 528 g/mol. The summed E-state index contributed by atoms with van der Waals surface area (Å²) in [6.07, 6.45) is 5.60. The second-order valence-corrected chi connectivity index (χ2v) is 10.6. The number of hydrogen-bond acceptors (Lipinski definition) is 5. The van der Waals surface area contributed by atoms with Crippen molar-refractivity contribution in [3.63, 3.8) is 0 Å². The normalized spacial score (nSPS) is 14.3. The first-order chi connectivity index (χ1) is 16.9. The molecule has 1 aliphatic carbocycles. The van der Waals surface area contributed by atoms with Crippen LogP contribution in [0.5, 0.6) is 0 Å². The number of aromatic nitrogens is 2. The Morgan fingerprint density at radius 1 is 0.806 bits per heavy atom. The second-order valence-electron chi connectivity index (χ2n) is 8.03. The zero-order valence-corrected chi connectivity index (χ0v) is 20.7. The number of fused-ring (bicyclic) bond motifs is 2. The van der Waals surface area contributed by atoms with E-state index in [1.54, 1.807) is 6.20 Å². The van der Waals surface area contributed by atoms with E-state index in [4.69, 9.17) is 19.6 Å². The third-order valence-corrected chi connectivity index (χ3v) is 7.40. The number of imidazole rings is 1. The number of carbonyl (C=O) groups is 1. The Balaban J connectivity index is 0.000000292. The van der Waals surface area contributed by atoms with E-state index in [2.05, 4.69) is 57.2 Å². The zero-order valence-electron chi connectivity index (χ0n) is 18.9. The molecule has 0 spiro atoms. The lowest BCUT2D eigenvalue weighted by Crippen LogP contribution is -2.42. The average Bonchev–Trinajstić information content (AvgIpc) is 3.34. The van der Waals surface area contributed by atoms with Gasteiger partial charge >= 0.3 is 15.6 Å². The van der Waals surface area contributed by atoms with Gasteiger partial charge in [0.1, 0.15) is 5.54 Å². The van der Waals surface area contributed by atoms with Gasteiger partial charge in [-0.2, -0.15) is 4.31 Å². The molecule has 3 aromatic carbocycles. The number of phosphoric acid groups is 2. The number of nitrogens with zero attached hydrogens (tertiary/aromatic N) is 2. The van der Waals surface area contributed by atoms with Gasteiger partial charge in [-0.25, -0.2) is 14.1 Å². The molecule has 5 rings (SSSR count). The van der Waals surface area contributed by atoms with Crippen LogP contribution in [-0.2, 0) is 19.0 Å². The van der Waals surface area contributed by atoms with Crippen LogP contribution in [0.1, 0.15) is 38.2 Å². The van der Waals surface area contributed by atoms with Crippen molar-refractivity contribution < 1.29 is 37.8 Å². The molecule has 0 bridgehead atoms. The van der Waals surface area contributed by atoms with E-state index in [-0.39, 0.29) is 5.78 Å². The molecule has 186 valence electrons. The van der Waals surface area contributed by atoms with Crippen molar-refractivity contribution in [2.24, 2.45) is 0 Å². The molecule has 0 amide bonds. The maximum absolute atomic E-state index is 13.2. The Morgan fingerprint density at radius 2 is 1.31 bits per heavy atom. The van der Waals surface area contributed by atoms with E-state index in [0.717, 1.165) is 27.8 Å². The summed E-state index contributed by atoms with van der Waals surface area (Å²) in [5, 5.41) is 0. The summed E-state index contributed by atoms with van der Waals surface area (Å²) in [7, 11) is -10.1. The molecule has 36 heavy (non-hydrogen) atoms. The van der Waals surface area contributed by atoms with Gasteiger partial charge in [-0.1, -0.05) is 78.4 Å². The minimum atomic E-state index is -5.05. The van der Waals surface area contributed by atoms with Gasteiger partial charge in [0.25, 0.3) is 0 Å². The van der Waals surface area contributed by atoms with Crippen LogP contribution in [-0.4, -0.2) is 34.9 Å². The van der Waals surface area contributed by atoms with Gasteiger partial charge in [-0.15, -0.1) is 0 Å². The number of carbonyl (C=O) groups excluding carboxylic acids is 1. The van der Waals surface area contributed by atoms with Crippen LogP contribution >= 0.6 is 15.6 Å². The topological polar surface area (TPSA) is 159 Å².